The van der Waals surface area contributed by atoms with Gasteiger partial charge in [-0.25, -0.2) is 4.39 Å². The average Bonchev–Trinajstić information content (AvgIpc) is 2.47. The maximum absolute atomic E-state index is 13.7. The monoisotopic (exact) mass is 276 g/mol. The van der Waals surface area contributed by atoms with Gasteiger partial charge in [0, 0.05) is 19.1 Å². The topological polar surface area (TPSA) is 23.6 Å². The van der Waals surface area contributed by atoms with Crippen LogP contribution in [0.4, 0.5) is 4.39 Å². The molecule has 20 heavy (non-hydrogen) atoms. The van der Waals surface area contributed by atoms with E-state index in [1.165, 1.54) is 18.9 Å². The summed E-state index contributed by atoms with van der Waals surface area (Å²) in [6.07, 6.45) is 3.37. The van der Waals surface area contributed by atoms with Crippen molar-refractivity contribution in [2.24, 2.45) is 5.92 Å². The molecule has 2 heterocycles. The molecule has 108 valence electrons. The van der Waals surface area contributed by atoms with E-state index in [0.717, 1.165) is 26.1 Å². The van der Waals surface area contributed by atoms with Crippen molar-refractivity contribution in [3.63, 3.8) is 0 Å². The number of halogens is 1. The molecule has 0 aliphatic carbocycles. The van der Waals surface area contributed by atoms with Gasteiger partial charge in [0.15, 0.2) is 0 Å². The molecule has 0 N–H and O–H groups in total. The number of amides is 1. The van der Waals surface area contributed by atoms with Crippen LogP contribution in [0.1, 0.15) is 29.6 Å². The van der Waals surface area contributed by atoms with Gasteiger partial charge in [0.2, 0.25) is 0 Å². The van der Waals surface area contributed by atoms with E-state index in [2.05, 4.69) is 11.9 Å². The second-order valence-electron chi connectivity index (χ2n) is 5.97. The minimum atomic E-state index is -0.416. The number of likely N-dealkylation sites (tertiary alicyclic amines) is 2. The Kier molecular flexibility index (Phi) is 3.74. The Labute approximate surface area is 119 Å². The summed E-state index contributed by atoms with van der Waals surface area (Å²) in [6, 6.07) is 6.87. The molecule has 2 saturated heterocycles. The molecule has 1 aromatic rings. The number of piperidine rings is 2. The molecular formula is C16H21FN2O. The molecule has 0 saturated carbocycles. The molecule has 2 unspecified atom stereocenters. The molecule has 0 aromatic heterocycles. The maximum Gasteiger partial charge on any atom is 0.256 e. The van der Waals surface area contributed by atoms with Gasteiger partial charge in [-0.1, -0.05) is 12.1 Å². The summed E-state index contributed by atoms with van der Waals surface area (Å²) in [5, 5.41) is 0. The van der Waals surface area contributed by atoms with Crippen LogP contribution in [0.15, 0.2) is 24.3 Å². The Morgan fingerprint density at radius 2 is 2.05 bits per heavy atom. The van der Waals surface area contributed by atoms with E-state index < -0.39 is 5.82 Å². The fraction of sp³-hybridized carbons (Fsp3) is 0.562. The van der Waals surface area contributed by atoms with Crippen LogP contribution in [0.5, 0.6) is 0 Å². The average molecular weight is 276 g/mol. The smallest absolute Gasteiger partial charge is 0.256 e. The van der Waals surface area contributed by atoms with Crippen LogP contribution in [0.3, 0.4) is 0 Å². The van der Waals surface area contributed by atoms with E-state index in [1.54, 1.807) is 18.2 Å². The van der Waals surface area contributed by atoms with Crippen molar-refractivity contribution in [1.29, 1.82) is 0 Å². The molecule has 2 fully saturated rings. The van der Waals surface area contributed by atoms with Crippen LogP contribution in [0.2, 0.25) is 0 Å². The Morgan fingerprint density at radius 3 is 2.85 bits per heavy atom. The first kappa shape index (κ1) is 13.6. The molecule has 2 aliphatic heterocycles. The van der Waals surface area contributed by atoms with Crippen molar-refractivity contribution in [1.82, 2.24) is 9.80 Å². The van der Waals surface area contributed by atoms with Crippen molar-refractivity contribution in [3.8, 4) is 0 Å². The van der Waals surface area contributed by atoms with Crippen LogP contribution >= 0.6 is 0 Å². The van der Waals surface area contributed by atoms with Gasteiger partial charge in [-0.05, 0) is 50.9 Å². The lowest BCUT2D eigenvalue weighted by molar-refractivity contribution is 0.0314. The van der Waals surface area contributed by atoms with Gasteiger partial charge in [-0.3, -0.25) is 4.79 Å². The first-order valence-corrected chi connectivity index (χ1v) is 7.41. The highest BCUT2D eigenvalue weighted by Crippen LogP contribution is 2.30. The molecule has 0 radical (unpaired) electrons. The van der Waals surface area contributed by atoms with Crippen molar-refractivity contribution >= 4 is 5.91 Å². The van der Waals surface area contributed by atoms with Gasteiger partial charge in [-0.2, -0.15) is 0 Å². The predicted molar refractivity (Wildman–Crippen MR) is 76.1 cm³/mol. The van der Waals surface area contributed by atoms with Crippen LogP contribution < -0.4 is 0 Å². The van der Waals surface area contributed by atoms with Gasteiger partial charge >= 0.3 is 0 Å². The van der Waals surface area contributed by atoms with Gasteiger partial charge in [0.25, 0.3) is 5.91 Å². The second kappa shape index (κ2) is 5.52. The summed E-state index contributed by atoms with van der Waals surface area (Å²) in [6.45, 7) is 2.66. The molecular weight excluding hydrogens is 255 g/mol. The van der Waals surface area contributed by atoms with E-state index in [1.807, 2.05) is 4.90 Å². The minimum absolute atomic E-state index is 0.158. The Balaban J connectivity index is 1.73. The van der Waals surface area contributed by atoms with Crippen molar-refractivity contribution in [2.75, 3.05) is 26.7 Å². The lowest BCUT2D eigenvalue weighted by atomic mass is 9.84. The third-order valence-corrected chi connectivity index (χ3v) is 4.74. The van der Waals surface area contributed by atoms with Crippen LogP contribution in [0, 0.1) is 11.7 Å². The normalized spacial score (nSPS) is 27.2. The number of hydrogen-bond acceptors (Lipinski definition) is 2. The largest absolute Gasteiger partial charge is 0.338 e. The first-order valence-electron chi connectivity index (χ1n) is 7.41. The molecule has 0 spiro atoms. The highest BCUT2D eigenvalue weighted by molar-refractivity contribution is 5.94. The first-order chi connectivity index (χ1) is 9.66. The summed E-state index contributed by atoms with van der Waals surface area (Å²) in [5.41, 5.74) is 0.204. The van der Waals surface area contributed by atoms with Crippen LogP contribution in [-0.4, -0.2) is 48.4 Å². The lowest BCUT2D eigenvalue weighted by Gasteiger charge is -2.46. The molecule has 2 atom stereocenters. The van der Waals surface area contributed by atoms with Crippen molar-refractivity contribution in [2.45, 2.75) is 25.3 Å². The van der Waals surface area contributed by atoms with E-state index in [0.29, 0.717) is 12.0 Å². The molecule has 0 bridgehead atoms. The van der Waals surface area contributed by atoms with E-state index in [4.69, 9.17) is 0 Å². The minimum Gasteiger partial charge on any atom is -0.338 e. The number of nitrogens with zero attached hydrogens (tertiary/aromatic N) is 2. The summed E-state index contributed by atoms with van der Waals surface area (Å²) >= 11 is 0. The third-order valence-electron chi connectivity index (χ3n) is 4.74. The summed E-state index contributed by atoms with van der Waals surface area (Å²) in [7, 11) is 2.17. The Morgan fingerprint density at radius 1 is 1.25 bits per heavy atom. The van der Waals surface area contributed by atoms with E-state index >= 15 is 0 Å². The third kappa shape index (κ3) is 2.44. The SMILES string of the molecule is CN1CCCC2CN(C(=O)c3ccccc3F)CCC21. The molecule has 3 nitrogen and oxygen atoms in total. The predicted octanol–water partition coefficient (Wildman–Crippen LogP) is 2.38. The molecule has 1 amide bonds. The van der Waals surface area contributed by atoms with Gasteiger partial charge in [0.05, 0.1) is 5.56 Å². The number of carbonyl (C=O) groups excluding carboxylic acids is 1. The molecule has 4 heteroatoms. The fourth-order valence-electron chi connectivity index (χ4n) is 3.64. The zero-order valence-electron chi connectivity index (χ0n) is 11.9. The zero-order valence-corrected chi connectivity index (χ0v) is 11.9. The summed E-state index contributed by atoms with van der Waals surface area (Å²) in [5.74, 6) is -0.0339. The van der Waals surface area contributed by atoms with Gasteiger partial charge in [0.1, 0.15) is 5.82 Å². The Bertz CT molecular complexity index is 505. The maximum atomic E-state index is 13.7. The lowest BCUT2D eigenvalue weighted by Crippen LogP contribution is -2.54. The highest BCUT2D eigenvalue weighted by atomic mass is 19.1. The highest BCUT2D eigenvalue weighted by Gasteiger charge is 2.36. The number of benzene rings is 1. The number of hydrogen-bond donors (Lipinski definition) is 0. The second-order valence-corrected chi connectivity index (χ2v) is 5.97. The van der Waals surface area contributed by atoms with Crippen LogP contribution in [0.25, 0.3) is 0 Å². The molecule has 3 rings (SSSR count). The van der Waals surface area contributed by atoms with Gasteiger partial charge < -0.3 is 9.80 Å². The number of carbonyl (C=O) groups is 1. The summed E-state index contributed by atoms with van der Waals surface area (Å²) in [4.78, 5) is 16.7. The van der Waals surface area contributed by atoms with E-state index in [-0.39, 0.29) is 11.5 Å². The summed E-state index contributed by atoms with van der Waals surface area (Å²) < 4.78 is 13.7. The zero-order chi connectivity index (χ0) is 14.1. The van der Waals surface area contributed by atoms with Crippen LogP contribution in [-0.2, 0) is 0 Å². The Hall–Kier alpha value is -1.42. The fourth-order valence-corrected chi connectivity index (χ4v) is 3.64. The molecule has 1 aromatic carbocycles. The number of rotatable bonds is 1. The van der Waals surface area contributed by atoms with Crippen molar-refractivity contribution < 1.29 is 9.18 Å². The van der Waals surface area contributed by atoms with Gasteiger partial charge in [-0.15, -0.1) is 0 Å². The van der Waals surface area contributed by atoms with E-state index in [9.17, 15) is 9.18 Å². The van der Waals surface area contributed by atoms with Crippen molar-refractivity contribution in [3.05, 3.63) is 35.6 Å². The quantitative estimate of drug-likeness (QED) is 0.786. The molecule has 2 aliphatic rings. The standard InChI is InChI=1S/C16H21FN2O/c1-18-9-4-5-12-11-19(10-8-15(12)18)16(20)13-6-2-3-7-14(13)17/h2-3,6-7,12,15H,4-5,8-11H2,1H3. The number of fused-ring (bicyclic) bond motifs is 1.